The van der Waals surface area contributed by atoms with E-state index in [9.17, 15) is 14.4 Å². The van der Waals surface area contributed by atoms with Crippen molar-refractivity contribution in [2.45, 2.75) is 6.92 Å². The van der Waals surface area contributed by atoms with E-state index in [-0.39, 0.29) is 11.3 Å². The van der Waals surface area contributed by atoms with Gasteiger partial charge in [-0.1, -0.05) is 18.2 Å². The number of hydrogen-bond donors (Lipinski definition) is 1. The van der Waals surface area contributed by atoms with Gasteiger partial charge in [0.2, 0.25) is 5.91 Å². The lowest BCUT2D eigenvalue weighted by Gasteiger charge is -2.08. The van der Waals surface area contributed by atoms with Crippen molar-refractivity contribution in [2.24, 2.45) is 0 Å². The van der Waals surface area contributed by atoms with Crippen LogP contribution in [0.3, 0.4) is 0 Å². The van der Waals surface area contributed by atoms with Crippen LogP contribution in [0.1, 0.15) is 22.8 Å². The second-order valence-corrected chi connectivity index (χ2v) is 3.81. The minimum atomic E-state index is -0.708. The van der Waals surface area contributed by atoms with E-state index in [1.807, 2.05) is 0 Å². The molecule has 0 heterocycles. The fourth-order valence-electron chi connectivity index (χ4n) is 1.52. The maximum atomic E-state index is 11.6. The van der Waals surface area contributed by atoms with Crippen LogP contribution in [-0.4, -0.2) is 32.1 Å². The lowest BCUT2D eigenvalue weighted by atomic mass is 10.1. The van der Waals surface area contributed by atoms with Crippen LogP contribution in [0, 0.1) is 0 Å². The summed E-state index contributed by atoms with van der Waals surface area (Å²) in [7, 11) is 2.46. The molecule has 20 heavy (non-hydrogen) atoms. The van der Waals surface area contributed by atoms with Crippen LogP contribution < -0.4 is 5.32 Å². The molecule has 0 fully saturated rings. The van der Waals surface area contributed by atoms with E-state index in [0.29, 0.717) is 5.56 Å². The highest BCUT2D eigenvalue weighted by atomic mass is 16.5. The number of carbonyl (C=O) groups excluding carboxylic acids is 3. The van der Waals surface area contributed by atoms with Gasteiger partial charge < -0.3 is 14.8 Å². The molecule has 0 aliphatic rings. The maximum Gasteiger partial charge on any atom is 0.354 e. The van der Waals surface area contributed by atoms with Gasteiger partial charge in [0.25, 0.3) is 0 Å². The molecule has 6 nitrogen and oxygen atoms in total. The average Bonchev–Trinajstić information content (AvgIpc) is 2.45. The fourth-order valence-corrected chi connectivity index (χ4v) is 1.52. The standard InChI is InChI=1S/C14H15NO5/c1-9(16)15-12(14(18)20-3)8-10-6-4-5-7-11(10)13(17)19-2/h4-8H,1-3H3,(H,15,16). The van der Waals surface area contributed by atoms with Crippen molar-refractivity contribution in [3.63, 3.8) is 0 Å². The quantitative estimate of drug-likeness (QED) is 0.659. The van der Waals surface area contributed by atoms with Crippen LogP contribution in [0.4, 0.5) is 0 Å². The highest BCUT2D eigenvalue weighted by molar-refractivity contribution is 6.00. The van der Waals surface area contributed by atoms with E-state index in [1.54, 1.807) is 24.3 Å². The summed E-state index contributed by atoms with van der Waals surface area (Å²) in [6, 6.07) is 6.54. The molecule has 0 saturated heterocycles. The molecular formula is C14H15NO5. The number of benzene rings is 1. The molecule has 0 radical (unpaired) electrons. The molecule has 1 aromatic carbocycles. The number of methoxy groups -OCH3 is 2. The van der Waals surface area contributed by atoms with Gasteiger partial charge in [0, 0.05) is 6.92 Å². The second-order valence-electron chi connectivity index (χ2n) is 3.81. The molecule has 106 valence electrons. The zero-order chi connectivity index (χ0) is 15.1. The van der Waals surface area contributed by atoms with Crippen LogP contribution in [-0.2, 0) is 19.1 Å². The Morgan fingerprint density at radius 1 is 1.10 bits per heavy atom. The number of esters is 2. The third kappa shape index (κ3) is 3.94. The molecule has 0 aliphatic heterocycles. The molecule has 1 aromatic rings. The van der Waals surface area contributed by atoms with E-state index in [2.05, 4.69) is 14.8 Å². The Morgan fingerprint density at radius 3 is 2.30 bits per heavy atom. The lowest BCUT2D eigenvalue weighted by Crippen LogP contribution is -2.25. The van der Waals surface area contributed by atoms with E-state index < -0.39 is 17.8 Å². The minimum Gasteiger partial charge on any atom is -0.465 e. The van der Waals surface area contributed by atoms with E-state index in [1.165, 1.54) is 27.2 Å². The van der Waals surface area contributed by atoms with Crippen molar-refractivity contribution >= 4 is 23.9 Å². The molecular weight excluding hydrogens is 262 g/mol. The second kappa shape index (κ2) is 7.08. The topological polar surface area (TPSA) is 81.7 Å². The molecule has 0 atom stereocenters. The molecule has 0 saturated carbocycles. The predicted octanol–water partition coefficient (Wildman–Crippen LogP) is 1.12. The van der Waals surface area contributed by atoms with Crippen molar-refractivity contribution < 1.29 is 23.9 Å². The summed E-state index contributed by atoms with van der Waals surface area (Å²) >= 11 is 0. The van der Waals surface area contributed by atoms with E-state index in [0.717, 1.165) is 0 Å². The number of ether oxygens (including phenoxy) is 2. The van der Waals surface area contributed by atoms with Crippen LogP contribution in [0.2, 0.25) is 0 Å². The summed E-state index contributed by atoms with van der Waals surface area (Å²) in [5.41, 5.74) is 0.659. The molecule has 6 heteroatoms. The smallest absolute Gasteiger partial charge is 0.354 e. The van der Waals surface area contributed by atoms with Gasteiger partial charge in [0.15, 0.2) is 0 Å². The maximum absolute atomic E-state index is 11.6. The summed E-state index contributed by atoms with van der Waals surface area (Å²) in [5, 5.41) is 2.36. The first-order valence-electron chi connectivity index (χ1n) is 5.74. The van der Waals surface area contributed by atoms with Gasteiger partial charge in [-0.3, -0.25) is 4.79 Å². The third-order valence-electron chi connectivity index (χ3n) is 2.38. The van der Waals surface area contributed by atoms with Crippen LogP contribution in [0.15, 0.2) is 30.0 Å². The molecule has 0 spiro atoms. The fraction of sp³-hybridized carbons (Fsp3) is 0.214. The van der Waals surface area contributed by atoms with Crippen molar-refractivity contribution in [1.82, 2.24) is 5.32 Å². The van der Waals surface area contributed by atoms with Gasteiger partial charge in [-0.15, -0.1) is 0 Å². The van der Waals surface area contributed by atoms with Gasteiger partial charge >= 0.3 is 11.9 Å². The lowest BCUT2D eigenvalue weighted by molar-refractivity contribution is -0.137. The van der Waals surface area contributed by atoms with Crippen LogP contribution >= 0.6 is 0 Å². The van der Waals surface area contributed by atoms with Gasteiger partial charge in [-0.05, 0) is 17.7 Å². The molecule has 1 amide bonds. The monoisotopic (exact) mass is 277 g/mol. The molecule has 1 N–H and O–H groups in total. The average molecular weight is 277 g/mol. The van der Waals surface area contributed by atoms with Gasteiger partial charge in [0.1, 0.15) is 5.70 Å². The van der Waals surface area contributed by atoms with E-state index >= 15 is 0 Å². The molecule has 0 aromatic heterocycles. The Morgan fingerprint density at radius 2 is 1.75 bits per heavy atom. The van der Waals surface area contributed by atoms with Gasteiger partial charge in [-0.25, -0.2) is 9.59 Å². The first-order valence-corrected chi connectivity index (χ1v) is 5.74. The number of nitrogens with one attached hydrogen (secondary N) is 1. The summed E-state index contributed by atoms with van der Waals surface area (Å²) in [6.07, 6.45) is 1.36. The summed E-state index contributed by atoms with van der Waals surface area (Å²) in [6.45, 7) is 1.27. The first-order chi connectivity index (χ1) is 9.49. The SMILES string of the molecule is COC(=O)C(=Cc1ccccc1C(=O)OC)NC(C)=O. The highest BCUT2D eigenvalue weighted by Crippen LogP contribution is 2.14. The zero-order valence-corrected chi connectivity index (χ0v) is 11.4. The Kier molecular flexibility index (Phi) is 5.46. The third-order valence-corrected chi connectivity index (χ3v) is 2.38. The van der Waals surface area contributed by atoms with Crippen molar-refractivity contribution in [3.05, 3.63) is 41.1 Å². The minimum absolute atomic E-state index is 0.0589. The number of carbonyl (C=O) groups is 3. The molecule has 1 rings (SSSR count). The van der Waals surface area contributed by atoms with Crippen molar-refractivity contribution in [1.29, 1.82) is 0 Å². The first kappa shape index (κ1) is 15.4. The molecule has 0 aliphatic carbocycles. The number of amides is 1. The Balaban J connectivity index is 3.26. The number of hydrogen-bond acceptors (Lipinski definition) is 5. The van der Waals surface area contributed by atoms with Gasteiger partial charge in [0.05, 0.1) is 19.8 Å². The summed E-state index contributed by atoms with van der Waals surface area (Å²) in [5.74, 6) is -1.67. The van der Waals surface area contributed by atoms with Crippen LogP contribution in [0.5, 0.6) is 0 Å². The summed E-state index contributed by atoms with van der Waals surface area (Å²) < 4.78 is 9.23. The van der Waals surface area contributed by atoms with E-state index in [4.69, 9.17) is 0 Å². The zero-order valence-electron chi connectivity index (χ0n) is 11.4. The number of rotatable bonds is 4. The van der Waals surface area contributed by atoms with Crippen LogP contribution in [0.25, 0.3) is 6.08 Å². The van der Waals surface area contributed by atoms with Gasteiger partial charge in [-0.2, -0.15) is 0 Å². The van der Waals surface area contributed by atoms with Crippen molar-refractivity contribution in [2.75, 3.05) is 14.2 Å². The Labute approximate surface area is 116 Å². The Bertz CT molecular complexity index is 562. The summed E-state index contributed by atoms with van der Waals surface area (Å²) in [4.78, 5) is 34.3. The molecule has 0 unspecified atom stereocenters. The highest BCUT2D eigenvalue weighted by Gasteiger charge is 2.15. The predicted molar refractivity (Wildman–Crippen MR) is 71.6 cm³/mol. The largest absolute Gasteiger partial charge is 0.465 e. The Hall–Kier alpha value is -2.63. The normalized spacial score (nSPS) is 10.7. The molecule has 0 bridgehead atoms. The van der Waals surface area contributed by atoms with Crippen molar-refractivity contribution in [3.8, 4) is 0 Å².